The molecule has 0 spiro atoms. The van der Waals surface area contributed by atoms with Crippen LogP contribution in [0.1, 0.15) is 42.5 Å². The number of ether oxygens (including phenoxy) is 1. The van der Waals surface area contributed by atoms with E-state index in [-0.39, 0.29) is 6.61 Å². The Bertz CT molecular complexity index is 442. The molecule has 0 aliphatic heterocycles. The van der Waals surface area contributed by atoms with Gasteiger partial charge in [-0.2, -0.15) is 0 Å². The van der Waals surface area contributed by atoms with Gasteiger partial charge in [-0.3, -0.25) is 9.88 Å². The number of pyridine rings is 1. The minimum absolute atomic E-state index is 0.207. The lowest BCUT2D eigenvalue weighted by Crippen LogP contribution is -2.35. The van der Waals surface area contributed by atoms with Crippen LogP contribution in [0.15, 0.2) is 6.20 Å². The summed E-state index contributed by atoms with van der Waals surface area (Å²) in [5.41, 5.74) is 3.25. The lowest BCUT2D eigenvalue weighted by Gasteiger charge is -2.28. The van der Waals surface area contributed by atoms with E-state index in [0.29, 0.717) is 6.04 Å². The molecule has 1 aliphatic rings. The van der Waals surface area contributed by atoms with Crippen LogP contribution in [0, 0.1) is 13.8 Å². The van der Waals surface area contributed by atoms with Crippen LogP contribution in [-0.2, 0) is 6.54 Å². The molecule has 1 aliphatic carbocycles. The van der Waals surface area contributed by atoms with Crippen molar-refractivity contribution < 1.29 is 9.84 Å². The Labute approximate surface area is 121 Å². The summed E-state index contributed by atoms with van der Waals surface area (Å²) < 4.78 is 5.48. The quantitative estimate of drug-likeness (QED) is 0.868. The van der Waals surface area contributed by atoms with Crippen molar-refractivity contribution in [3.8, 4) is 5.75 Å². The first-order chi connectivity index (χ1) is 9.67. The zero-order valence-corrected chi connectivity index (χ0v) is 12.9. The summed E-state index contributed by atoms with van der Waals surface area (Å²) in [7, 11) is 1.71. The molecule has 1 aromatic heterocycles. The molecule has 2 rings (SSSR count). The Hall–Kier alpha value is -1.13. The smallest absolute Gasteiger partial charge is 0.128 e. The molecule has 1 N–H and O–H groups in total. The van der Waals surface area contributed by atoms with Crippen molar-refractivity contribution in [2.45, 2.75) is 52.1 Å². The second-order valence-corrected chi connectivity index (χ2v) is 5.68. The van der Waals surface area contributed by atoms with Crippen LogP contribution in [0.2, 0.25) is 0 Å². The predicted octanol–water partition coefficient (Wildman–Crippen LogP) is 2.44. The number of hydrogen-bond donors (Lipinski definition) is 1. The summed E-state index contributed by atoms with van der Waals surface area (Å²) in [4.78, 5) is 6.95. The molecular weight excluding hydrogens is 252 g/mol. The van der Waals surface area contributed by atoms with Gasteiger partial charge in [-0.25, -0.2) is 0 Å². The first kappa shape index (κ1) is 15.3. The molecule has 1 fully saturated rings. The van der Waals surface area contributed by atoms with Crippen molar-refractivity contribution >= 4 is 0 Å². The van der Waals surface area contributed by atoms with Crippen molar-refractivity contribution in [3.63, 3.8) is 0 Å². The van der Waals surface area contributed by atoms with Crippen molar-refractivity contribution in [1.29, 1.82) is 0 Å². The Morgan fingerprint density at radius 2 is 2.05 bits per heavy atom. The maximum atomic E-state index is 9.30. The topological polar surface area (TPSA) is 45.6 Å². The van der Waals surface area contributed by atoms with Gasteiger partial charge in [0.25, 0.3) is 0 Å². The van der Waals surface area contributed by atoms with Gasteiger partial charge in [-0.05, 0) is 26.7 Å². The van der Waals surface area contributed by atoms with Gasteiger partial charge < -0.3 is 9.84 Å². The number of aliphatic hydroxyl groups excluding tert-OH is 1. The summed E-state index contributed by atoms with van der Waals surface area (Å²) >= 11 is 0. The third kappa shape index (κ3) is 3.30. The maximum Gasteiger partial charge on any atom is 0.128 e. The second-order valence-electron chi connectivity index (χ2n) is 5.68. The van der Waals surface area contributed by atoms with Crippen LogP contribution in [0.4, 0.5) is 0 Å². The predicted molar refractivity (Wildman–Crippen MR) is 80.0 cm³/mol. The molecular formula is C16H26N2O2. The van der Waals surface area contributed by atoms with Crippen LogP contribution in [0.25, 0.3) is 0 Å². The number of aromatic nitrogens is 1. The zero-order valence-electron chi connectivity index (χ0n) is 12.9. The van der Waals surface area contributed by atoms with E-state index >= 15 is 0 Å². The molecule has 0 radical (unpaired) electrons. The van der Waals surface area contributed by atoms with Crippen molar-refractivity contribution in [2.24, 2.45) is 0 Å². The van der Waals surface area contributed by atoms with E-state index in [1.165, 1.54) is 25.7 Å². The SMILES string of the molecule is COc1c(C)cnc(CN(CCO)C2CCCC2)c1C. The van der Waals surface area contributed by atoms with Crippen LogP contribution < -0.4 is 4.74 Å². The van der Waals surface area contributed by atoms with Gasteiger partial charge in [0.15, 0.2) is 0 Å². The lowest BCUT2D eigenvalue weighted by molar-refractivity contribution is 0.143. The number of aryl methyl sites for hydroxylation is 1. The van der Waals surface area contributed by atoms with E-state index in [1.54, 1.807) is 7.11 Å². The highest BCUT2D eigenvalue weighted by atomic mass is 16.5. The van der Waals surface area contributed by atoms with E-state index in [2.05, 4.69) is 16.8 Å². The van der Waals surface area contributed by atoms with Crippen LogP contribution in [-0.4, -0.2) is 41.3 Å². The summed E-state index contributed by atoms with van der Waals surface area (Å²) in [6.45, 7) is 5.82. The maximum absolute atomic E-state index is 9.30. The summed E-state index contributed by atoms with van der Waals surface area (Å²) in [5.74, 6) is 0.936. The van der Waals surface area contributed by atoms with E-state index in [4.69, 9.17) is 4.74 Å². The van der Waals surface area contributed by atoms with E-state index in [1.807, 2.05) is 13.1 Å². The van der Waals surface area contributed by atoms with Gasteiger partial charge in [0, 0.05) is 36.5 Å². The minimum atomic E-state index is 0.207. The molecule has 0 atom stereocenters. The van der Waals surface area contributed by atoms with Crippen molar-refractivity contribution in [2.75, 3.05) is 20.3 Å². The third-order valence-corrected chi connectivity index (χ3v) is 4.33. The Morgan fingerprint density at radius 1 is 1.35 bits per heavy atom. The lowest BCUT2D eigenvalue weighted by atomic mass is 10.1. The number of nitrogens with zero attached hydrogens (tertiary/aromatic N) is 2. The van der Waals surface area contributed by atoms with E-state index in [0.717, 1.165) is 35.7 Å². The van der Waals surface area contributed by atoms with Crippen LogP contribution in [0.5, 0.6) is 5.75 Å². The Kier molecular flexibility index (Phi) is 5.38. The monoisotopic (exact) mass is 278 g/mol. The fourth-order valence-corrected chi connectivity index (χ4v) is 3.21. The highest BCUT2D eigenvalue weighted by molar-refractivity contribution is 5.41. The summed E-state index contributed by atoms with van der Waals surface area (Å²) in [6.07, 6.45) is 6.96. The molecule has 1 aromatic rings. The van der Waals surface area contributed by atoms with Gasteiger partial charge in [0.1, 0.15) is 5.75 Å². The fraction of sp³-hybridized carbons (Fsp3) is 0.688. The summed E-state index contributed by atoms with van der Waals surface area (Å²) in [6, 6.07) is 0.593. The average Bonchev–Trinajstić information content (AvgIpc) is 2.95. The van der Waals surface area contributed by atoms with Crippen LogP contribution >= 0.6 is 0 Å². The number of rotatable bonds is 6. The third-order valence-electron chi connectivity index (χ3n) is 4.33. The van der Waals surface area contributed by atoms with Crippen molar-refractivity contribution in [1.82, 2.24) is 9.88 Å². The normalized spacial score (nSPS) is 16.1. The van der Waals surface area contributed by atoms with Gasteiger partial charge in [0.05, 0.1) is 19.4 Å². The molecule has 4 nitrogen and oxygen atoms in total. The molecule has 0 aromatic carbocycles. The molecule has 0 unspecified atom stereocenters. The Balaban J connectivity index is 2.17. The van der Waals surface area contributed by atoms with E-state index < -0.39 is 0 Å². The second kappa shape index (κ2) is 7.04. The first-order valence-electron chi connectivity index (χ1n) is 7.51. The van der Waals surface area contributed by atoms with E-state index in [9.17, 15) is 5.11 Å². The highest BCUT2D eigenvalue weighted by Crippen LogP contribution is 2.28. The highest BCUT2D eigenvalue weighted by Gasteiger charge is 2.23. The average molecular weight is 278 g/mol. The van der Waals surface area contributed by atoms with Gasteiger partial charge in [-0.1, -0.05) is 12.8 Å². The molecule has 0 amide bonds. The molecule has 0 bridgehead atoms. The minimum Gasteiger partial charge on any atom is -0.496 e. The number of methoxy groups -OCH3 is 1. The number of aliphatic hydroxyl groups is 1. The summed E-state index contributed by atoms with van der Waals surface area (Å²) in [5, 5.41) is 9.30. The van der Waals surface area contributed by atoms with Crippen molar-refractivity contribution in [3.05, 3.63) is 23.0 Å². The standard InChI is InChI=1S/C16H26N2O2/c1-12-10-17-15(13(2)16(12)20-3)11-18(8-9-19)14-6-4-5-7-14/h10,14,19H,4-9,11H2,1-3H3. The molecule has 1 heterocycles. The van der Waals surface area contributed by atoms with Gasteiger partial charge in [0.2, 0.25) is 0 Å². The van der Waals surface area contributed by atoms with Crippen LogP contribution in [0.3, 0.4) is 0 Å². The molecule has 20 heavy (non-hydrogen) atoms. The Morgan fingerprint density at radius 3 is 2.65 bits per heavy atom. The zero-order chi connectivity index (χ0) is 14.5. The molecule has 4 heteroatoms. The largest absolute Gasteiger partial charge is 0.496 e. The molecule has 0 saturated heterocycles. The number of hydrogen-bond acceptors (Lipinski definition) is 4. The van der Waals surface area contributed by atoms with Gasteiger partial charge in [-0.15, -0.1) is 0 Å². The van der Waals surface area contributed by atoms with Gasteiger partial charge >= 0.3 is 0 Å². The first-order valence-corrected chi connectivity index (χ1v) is 7.51. The fourth-order valence-electron chi connectivity index (χ4n) is 3.21. The molecule has 112 valence electrons. The molecule has 1 saturated carbocycles.